The van der Waals surface area contributed by atoms with Gasteiger partial charge in [-0.2, -0.15) is 0 Å². The summed E-state index contributed by atoms with van der Waals surface area (Å²) in [5, 5.41) is 9.10. The maximum Gasteiger partial charge on any atom is 0.272 e. The molecule has 1 aromatic heterocycles. The molecule has 4 aromatic carbocycles. The summed E-state index contributed by atoms with van der Waals surface area (Å²) in [7, 11) is 0. The summed E-state index contributed by atoms with van der Waals surface area (Å²) >= 11 is 2.84. The number of amides is 3. The Hall–Kier alpha value is -4.73. The van der Waals surface area contributed by atoms with Crippen molar-refractivity contribution in [1.82, 2.24) is 10.3 Å². The lowest BCUT2D eigenvalue weighted by Crippen LogP contribution is -2.30. The Morgan fingerprint density at radius 1 is 0.886 bits per heavy atom. The van der Waals surface area contributed by atoms with Gasteiger partial charge in [0.25, 0.3) is 11.8 Å². The van der Waals surface area contributed by atoms with E-state index in [1.165, 1.54) is 28.7 Å². The van der Waals surface area contributed by atoms with Gasteiger partial charge in [0.05, 0.1) is 16.0 Å². The molecule has 0 radical (unpaired) electrons. The number of rotatable bonds is 10. The van der Waals surface area contributed by atoms with Crippen molar-refractivity contribution >= 4 is 67.9 Å². The fourth-order valence-corrected chi connectivity index (χ4v) is 5.99. The maximum absolute atomic E-state index is 13.4. The molecule has 0 spiro atoms. The minimum atomic E-state index is -0.451. The second-order valence-electron chi connectivity index (χ2n) is 10.5. The van der Waals surface area contributed by atoms with Crippen LogP contribution in [-0.4, -0.2) is 28.5 Å². The molecule has 0 aliphatic carbocycles. The number of nitrogens with one attached hydrogen (secondary N) is 3. The highest BCUT2D eigenvalue weighted by atomic mass is 32.2. The summed E-state index contributed by atoms with van der Waals surface area (Å²) in [5.41, 5.74) is 5.12. The zero-order valence-corrected chi connectivity index (χ0v) is 26.2. The molecular weight excluding hydrogens is 589 g/mol. The molecule has 5 aromatic rings. The van der Waals surface area contributed by atoms with E-state index in [0.29, 0.717) is 22.3 Å². The van der Waals surface area contributed by atoms with Crippen LogP contribution in [0.3, 0.4) is 0 Å². The van der Waals surface area contributed by atoms with Gasteiger partial charge in [-0.25, -0.2) is 4.98 Å². The van der Waals surface area contributed by atoms with Gasteiger partial charge in [0, 0.05) is 16.1 Å². The van der Waals surface area contributed by atoms with E-state index >= 15 is 0 Å². The standard InChI is InChI=1S/C35H32N4O3S2/c1-22(2)25-12-10-24(11-13-25)20-30(37-33(41)26-7-5-4-6-8-26)34(42)36-27-14-16-28(17-15-27)43-21-32(40)39-35-38-29-18-9-23(3)19-31(29)44-35/h4-20,22H,21H2,1-3H3,(H,36,42)(H,37,41)(H,38,39,40)/b30-20-. The van der Waals surface area contributed by atoms with Crippen molar-refractivity contribution in [3.63, 3.8) is 0 Å². The highest BCUT2D eigenvalue weighted by molar-refractivity contribution is 8.00. The summed E-state index contributed by atoms with van der Waals surface area (Å²) in [6.45, 7) is 6.26. The number of aryl methyl sites for hydroxylation is 1. The van der Waals surface area contributed by atoms with Crippen molar-refractivity contribution < 1.29 is 14.4 Å². The highest BCUT2D eigenvalue weighted by Crippen LogP contribution is 2.27. The van der Waals surface area contributed by atoms with E-state index in [1.807, 2.05) is 61.5 Å². The molecule has 0 bridgehead atoms. The van der Waals surface area contributed by atoms with E-state index in [2.05, 4.69) is 40.8 Å². The van der Waals surface area contributed by atoms with Crippen molar-refractivity contribution in [2.24, 2.45) is 0 Å². The van der Waals surface area contributed by atoms with Crippen LogP contribution in [0.4, 0.5) is 10.8 Å². The fraction of sp³-hybridized carbons (Fsp3) is 0.143. The van der Waals surface area contributed by atoms with Crippen molar-refractivity contribution in [3.8, 4) is 0 Å². The first-order chi connectivity index (χ1) is 21.2. The number of thiazole rings is 1. The van der Waals surface area contributed by atoms with Crippen LogP contribution in [-0.2, 0) is 9.59 Å². The second-order valence-corrected chi connectivity index (χ2v) is 12.6. The maximum atomic E-state index is 13.4. The van der Waals surface area contributed by atoms with Crippen molar-refractivity contribution in [3.05, 3.63) is 125 Å². The summed E-state index contributed by atoms with van der Waals surface area (Å²) in [5.74, 6) is -0.375. The van der Waals surface area contributed by atoms with Crippen molar-refractivity contribution in [2.45, 2.75) is 31.6 Å². The Labute approximate surface area is 264 Å². The van der Waals surface area contributed by atoms with E-state index in [1.54, 1.807) is 42.5 Å². The van der Waals surface area contributed by atoms with Crippen molar-refractivity contribution in [1.29, 1.82) is 0 Å². The second kappa shape index (κ2) is 14.2. The lowest BCUT2D eigenvalue weighted by Gasteiger charge is -2.12. The first kappa shape index (κ1) is 30.7. The molecule has 0 saturated heterocycles. The third-order valence-electron chi connectivity index (χ3n) is 6.72. The number of carbonyl (C=O) groups is 3. The fourth-order valence-electron chi connectivity index (χ4n) is 4.31. The summed E-state index contributed by atoms with van der Waals surface area (Å²) in [6.07, 6.45) is 1.66. The molecule has 0 aliphatic rings. The van der Waals surface area contributed by atoms with Crippen LogP contribution >= 0.6 is 23.1 Å². The Bertz CT molecular complexity index is 1810. The third-order valence-corrected chi connectivity index (χ3v) is 8.66. The molecular formula is C35H32N4O3S2. The number of nitrogens with zero attached hydrogens (tertiary/aromatic N) is 1. The number of fused-ring (bicyclic) bond motifs is 1. The Balaban J connectivity index is 1.22. The minimum absolute atomic E-state index is 0.122. The average Bonchev–Trinajstić information content (AvgIpc) is 3.42. The van der Waals surface area contributed by atoms with E-state index in [-0.39, 0.29) is 23.3 Å². The number of anilines is 2. The van der Waals surface area contributed by atoms with Gasteiger partial charge in [-0.05, 0) is 84.1 Å². The summed E-state index contributed by atoms with van der Waals surface area (Å²) < 4.78 is 1.03. The largest absolute Gasteiger partial charge is 0.321 e. The van der Waals surface area contributed by atoms with Crippen molar-refractivity contribution in [2.75, 3.05) is 16.4 Å². The zero-order valence-electron chi connectivity index (χ0n) is 24.6. The van der Waals surface area contributed by atoms with Crippen LogP contribution in [0.15, 0.2) is 108 Å². The molecule has 1 heterocycles. The number of hydrogen-bond acceptors (Lipinski definition) is 6. The SMILES string of the molecule is Cc1ccc2nc(NC(=O)CSc3ccc(NC(=O)/C(=C/c4ccc(C(C)C)cc4)NC(=O)c4ccccc4)cc3)sc2c1. The molecule has 3 amide bonds. The van der Waals surface area contributed by atoms with Crippen LogP contribution in [0, 0.1) is 6.92 Å². The normalized spacial score (nSPS) is 11.4. The van der Waals surface area contributed by atoms with Crippen LogP contribution in [0.5, 0.6) is 0 Å². The molecule has 0 fully saturated rings. The number of hydrogen-bond donors (Lipinski definition) is 3. The number of benzene rings is 4. The molecule has 0 atom stereocenters. The summed E-state index contributed by atoms with van der Waals surface area (Å²) in [6, 6.07) is 29.9. The molecule has 3 N–H and O–H groups in total. The lowest BCUT2D eigenvalue weighted by molar-refractivity contribution is -0.114. The van der Waals surface area contributed by atoms with Gasteiger partial charge < -0.3 is 16.0 Å². The van der Waals surface area contributed by atoms with Crippen LogP contribution < -0.4 is 16.0 Å². The van der Waals surface area contributed by atoms with Crippen LogP contribution in [0.1, 0.15) is 46.8 Å². The Kier molecular flexibility index (Phi) is 9.89. The molecule has 222 valence electrons. The number of thioether (sulfide) groups is 1. The quantitative estimate of drug-likeness (QED) is 0.109. The molecule has 44 heavy (non-hydrogen) atoms. The first-order valence-corrected chi connectivity index (χ1v) is 15.9. The van der Waals surface area contributed by atoms with Gasteiger partial charge in [-0.3, -0.25) is 14.4 Å². The van der Waals surface area contributed by atoms with Gasteiger partial charge >= 0.3 is 0 Å². The van der Waals surface area contributed by atoms with E-state index < -0.39 is 5.91 Å². The van der Waals surface area contributed by atoms with Crippen LogP contribution in [0.25, 0.3) is 16.3 Å². The Morgan fingerprint density at radius 2 is 1.61 bits per heavy atom. The average molecular weight is 621 g/mol. The molecule has 0 aliphatic heterocycles. The highest BCUT2D eigenvalue weighted by Gasteiger charge is 2.16. The van der Waals surface area contributed by atoms with E-state index in [4.69, 9.17) is 0 Å². The van der Waals surface area contributed by atoms with Crippen LogP contribution in [0.2, 0.25) is 0 Å². The first-order valence-electron chi connectivity index (χ1n) is 14.1. The minimum Gasteiger partial charge on any atom is -0.321 e. The third kappa shape index (κ3) is 8.21. The summed E-state index contributed by atoms with van der Waals surface area (Å²) in [4.78, 5) is 44.2. The molecule has 0 unspecified atom stereocenters. The smallest absolute Gasteiger partial charge is 0.272 e. The van der Waals surface area contributed by atoms with Gasteiger partial charge in [0.2, 0.25) is 5.91 Å². The van der Waals surface area contributed by atoms with E-state index in [0.717, 1.165) is 26.2 Å². The van der Waals surface area contributed by atoms with Gasteiger partial charge in [-0.15, -0.1) is 11.8 Å². The molecule has 9 heteroatoms. The topological polar surface area (TPSA) is 100 Å². The van der Waals surface area contributed by atoms with Gasteiger partial charge in [-0.1, -0.05) is 73.7 Å². The number of carbonyl (C=O) groups excluding carboxylic acids is 3. The molecule has 7 nitrogen and oxygen atoms in total. The number of aromatic nitrogens is 1. The monoisotopic (exact) mass is 620 g/mol. The van der Waals surface area contributed by atoms with Gasteiger partial charge in [0.15, 0.2) is 5.13 Å². The zero-order chi connectivity index (χ0) is 31.1. The predicted molar refractivity (Wildman–Crippen MR) is 181 cm³/mol. The van der Waals surface area contributed by atoms with E-state index in [9.17, 15) is 14.4 Å². The van der Waals surface area contributed by atoms with Gasteiger partial charge in [0.1, 0.15) is 5.70 Å². The molecule has 0 saturated carbocycles. The Morgan fingerprint density at radius 3 is 2.32 bits per heavy atom. The molecule has 5 rings (SSSR count). The lowest BCUT2D eigenvalue weighted by atomic mass is 10.0. The predicted octanol–water partition coefficient (Wildman–Crippen LogP) is 7.87.